The van der Waals surface area contributed by atoms with Gasteiger partial charge in [0, 0.05) is 42.8 Å². The molecule has 0 bridgehead atoms. The molecule has 3 aromatic rings. The number of halogens is 4. The van der Waals surface area contributed by atoms with Crippen LogP contribution in [0.1, 0.15) is 55.0 Å². The van der Waals surface area contributed by atoms with Gasteiger partial charge in [-0.1, -0.05) is 0 Å². The van der Waals surface area contributed by atoms with Gasteiger partial charge in [0.25, 0.3) is 0 Å². The molecule has 5 rings (SSSR count). The lowest BCUT2D eigenvalue weighted by Crippen LogP contribution is -2.44. The van der Waals surface area contributed by atoms with Crippen LogP contribution >= 0.6 is 0 Å². The van der Waals surface area contributed by atoms with Crippen molar-refractivity contribution in [1.82, 2.24) is 14.8 Å². The van der Waals surface area contributed by atoms with E-state index in [-0.39, 0.29) is 24.8 Å². The summed E-state index contributed by atoms with van der Waals surface area (Å²) in [4.78, 5) is 21.4. The number of hydrogen-bond donors (Lipinski definition) is 1. The van der Waals surface area contributed by atoms with Crippen molar-refractivity contribution in [2.75, 3.05) is 53.0 Å². The Labute approximate surface area is 254 Å². The Hall–Kier alpha value is -3.28. The minimum absolute atomic E-state index is 0.0115. The number of aliphatic carboxylic acids is 1. The highest BCUT2D eigenvalue weighted by molar-refractivity contribution is 5.85. The SMILES string of the molecule is COc1ccc2ncc(CN3CCOCC3)c([C@@H](F)CCC3(C(=O)O)CCN(CCCc4cc(F)cc(F)c4F)CC3)c2c1. The molecule has 0 spiro atoms. The van der Waals surface area contributed by atoms with Crippen molar-refractivity contribution in [3.63, 3.8) is 0 Å². The second kappa shape index (κ2) is 14.2. The second-order valence-electron chi connectivity index (χ2n) is 11.9. The van der Waals surface area contributed by atoms with E-state index in [1.54, 1.807) is 31.5 Å². The minimum atomic E-state index is -1.40. The van der Waals surface area contributed by atoms with Crippen molar-refractivity contribution in [2.45, 2.75) is 51.2 Å². The maximum absolute atomic E-state index is 16.4. The lowest BCUT2D eigenvalue weighted by molar-refractivity contribution is -0.153. The molecule has 0 unspecified atom stereocenters. The number of nitrogens with zero attached hydrogens (tertiary/aromatic N) is 3. The first-order chi connectivity index (χ1) is 21.2. The second-order valence-corrected chi connectivity index (χ2v) is 11.9. The zero-order valence-corrected chi connectivity index (χ0v) is 25.0. The predicted octanol–water partition coefficient (Wildman–Crippen LogP) is 6.08. The lowest BCUT2D eigenvalue weighted by atomic mass is 9.74. The number of piperidine rings is 1. The van der Waals surface area contributed by atoms with Gasteiger partial charge in [-0.05, 0) is 93.6 Å². The fraction of sp³-hybridized carbons (Fsp3) is 0.515. The molecular formula is C33H39F4N3O4. The maximum atomic E-state index is 16.4. The largest absolute Gasteiger partial charge is 0.497 e. The number of morpholine rings is 1. The number of pyridine rings is 1. The van der Waals surface area contributed by atoms with Gasteiger partial charge >= 0.3 is 5.97 Å². The third kappa shape index (κ3) is 7.33. The zero-order valence-electron chi connectivity index (χ0n) is 25.0. The van der Waals surface area contributed by atoms with Crippen LogP contribution in [-0.2, 0) is 22.5 Å². The van der Waals surface area contributed by atoms with E-state index in [0.717, 1.165) is 24.7 Å². The van der Waals surface area contributed by atoms with Crippen LogP contribution < -0.4 is 4.74 Å². The van der Waals surface area contributed by atoms with E-state index in [2.05, 4.69) is 14.8 Å². The van der Waals surface area contributed by atoms with Crippen molar-refractivity contribution < 1.29 is 36.9 Å². The summed E-state index contributed by atoms with van der Waals surface area (Å²) < 4.78 is 68.3. The molecule has 238 valence electrons. The zero-order chi connectivity index (χ0) is 31.3. The van der Waals surface area contributed by atoms with Gasteiger partial charge in [0.2, 0.25) is 0 Å². The van der Waals surface area contributed by atoms with E-state index in [0.29, 0.717) is 86.9 Å². The van der Waals surface area contributed by atoms with Crippen LogP contribution in [0.15, 0.2) is 36.5 Å². The van der Waals surface area contributed by atoms with Gasteiger partial charge in [-0.2, -0.15) is 0 Å². The molecule has 11 heteroatoms. The average Bonchev–Trinajstić information content (AvgIpc) is 3.02. The molecule has 1 atom stereocenters. The van der Waals surface area contributed by atoms with E-state index < -0.39 is 35.0 Å². The normalized spacial score (nSPS) is 18.4. The quantitative estimate of drug-likeness (QED) is 0.195. The number of carboxylic acids is 1. The molecule has 2 saturated heterocycles. The van der Waals surface area contributed by atoms with Crippen LogP contribution in [0.5, 0.6) is 5.75 Å². The summed E-state index contributed by atoms with van der Waals surface area (Å²) >= 11 is 0. The number of methoxy groups -OCH3 is 1. The Morgan fingerprint density at radius 3 is 2.52 bits per heavy atom. The average molecular weight is 618 g/mol. The smallest absolute Gasteiger partial charge is 0.309 e. The number of carboxylic acid groups (broad SMARTS) is 1. The van der Waals surface area contributed by atoms with Crippen LogP contribution in [0.25, 0.3) is 10.9 Å². The fourth-order valence-corrected chi connectivity index (χ4v) is 6.46. The number of ether oxygens (including phenoxy) is 2. The molecule has 1 aromatic heterocycles. The molecule has 0 aliphatic carbocycles. The third-order valence-corrected chi connectivity index (χ3v) is 9.14. The molecule has 3 heterocycles. The van der Waals surface area contributed by atoms with E-state index in [1.165, 1.54) is 0 Å². The van der Waals surface area contributed by atoms with Gasteiger partial charge in [-0.25, -0.2) is 17.6 Å². The number of aromatic nitrogens is 1. The highest BCUT2D eigenvalue weighted by Gasteiger charge is 2.42. The molecule has 2 fully saturated rings. The molecule has 7 nitrogen and oxygen atoms in total. The van der Waals surface area contributed by atoms with Crippen molar-refractivity contribution in [3.05, 3.63) is 70.7 Å². The summed E-state index contributed by atoms with van der Waals surface area (Å²) in [6.07, 6.45) is 1.88. The summed E-state index contributed by atoms with van der Waals surface area (Å²) in [5.74, 6) is -3.40. The molecule has 2 aliphatic rings. The van der Waals surface area contributed by atoms with E-state index in [9.17, 15) is 23.1 Å². The van der Waals surface area contributed by atoms with Crippen molar-refractivity contribution >= 4 is 16.9 Å². The van der Waals surface area contributed by atoms with Crippen LogP contribution in [0.3, 0.4) is 0 Å². The number of fused-ring (bicyclic) bond motifs is 1. The fourth-order valence-electron chi connectivity index (χ4n) is 6.46. The van der Waals surface area contributed by atoms with Crippen LogP contribution in [-0.4, -0.2) is 78.9 Å². The monoisotopic (exact) mass is 617 g/mol. The topological polar surface area (TPSA) is 75.1 Å². The molecule has 1 N–H and O–H groups in total. The number of rotatable bonds is 12. The van der Waals surface area contributed by atoms with Gasteiger partial charge in [0.1, 0.15) is 17.7 Å². The van der Waals surface area contributed by atoms with Gasteiger partial charge in [0.05, 0.1) is 31.3 Å². The van der Waals surface area contributed by atoms with E-state index >= 15 is 4.39 Å². The summed E-state index contributed by atoms with van der Waals surface area (Å²) in [5.41, 5.74) is 0.871. The van der Waals surface area contributed by atoms with Crippen LogP contribution in [0.4, 0.5) is 17.6 Å². The third-order valence-electron chi connectivity index (χ3n) is 9.14. The number of benzene rings is 2. The highest BCUT2D eigenvalue weighted by Crippen LogP contribution is 2.42. The Morgan fingerprint density at radius 1 is 1.07 bits per heavy atom. The van der Waals surface area contributed by atoms with Gasteiger partial charge in [-0.15, -0.1) is 0 Å². The molecule has 0 saturated carbocycles. The first-order valence-corrected chi connectivity index (χ1v) is 15.2. The molecule has 0 radical (unpaired) electrons. The maximum Gasteiger partial charge on any atom is 0.309 e. The van der Waals surface area contributed by atoms with E-state index in [4.69, 9.17) is 9.47 Å². The van der Waals surface area contributed by atoms with Crippen molar-refractivity contribution in [1.29, 1.82) is 0 Å². The molecular weight excluding hydrogens is 578 g/mol. The Kier molecular flexibility index (Phi) is 10.4. The van der Waals surface area contributed by atoms with Crippen molar-refractivity contribution in [3.8, 4) is 5.75 Å². The summed E-state index contributed by atoms with van der Waals surface area (Å²) in [6, 6.07) is 6.91. The Morgan fingerprint density at radius 2 is 1.82 bits per heavy atom. The van der Waals surface area contributed by atoms with Gasteiger partial charge in [0.15, 0.2) is 11.6 Å². The number of alkyl halides is 1. The van der Waals surface area contributed by atoms with Gasteiger partial charge < -0.3 is 19.5 Å². The Balaban J connectivity index is 1.25. The predicted molar refractivity (Wildman–Crippen MR) is 158 cm³/mol. The molecule has 2 aromatic carbocycles. The van der Waals surface area contributed by atoms with Crippen LogP contribution in [0.2, 0.25) is 0 Å². The molecule has 2 aliphatic heterocycles. The van der Waals surface area contributed by atoms with E-state index in [1.807, 2.05) is 0 Å². The summed E-state index contributed by atoms with van der Waals surface area (Å²) in [6.45, 7) is 4.72. The number of carbonyl (C=O) groups is 1. The molecule has 44 heavy (non-hydrogen) atoms. The lowest BCUT2D eigenvalue weighted by Gasteiger charge is -2.39. The van der Waals surface area contributed by atoms with Crippen molar-refractivity contribution in [2.24, 2.45) is 5.41 Å². The Bertz CT molecular complexity index is 1460. The summed E-state index contributed by atoms with van der Waals surface area (Å²) in [7, 11) is 1.56. The standard InChI is InChI=1S/C33H39F4N3O4/c1-43-25-4-5-29-26(19-25)30(23(20-38-29)21-40-13-15-44-16-14-40)27(35)6-7-33(32(41)42)8-11-39(12-9-33)10-2-3-22-17-24(34)18-28(36)31(22)37/h4-5,17-20,27H,2-3,6-16,21H2,1H3,(H,41,42)/t27-/m0/s1. The molecule has 0 amide bonds. The number of aryl methyl sites for hydroxylation is 1. The van der Waals surface area contributed by atoms with Gasteiger partial charge in [-0.3, -0.25) is 14.7 Å². The number of hydrogen-bond acceptors (Lipinski definition) is 6. The minimum Gasteiger partial charge on any atom is -0.497 e. The first-order valence-electron chi connectivity index (χ1n) is 15.2. The van der Waals surface area contributed by atoms with Crippen LogP contribution in [0, 0.1) is 22.9 Å². The highest BCUT2D eigenvalue weighted by atomic mass is 19.2. The first kappa shape index (κ1) is 32.1. The number of likely N-dealkylation sites (tertiary alicyclic amines) is 1. The summed E-state index contributed by atoms with van der Waals surface area (Å²) in [5, 5.41) is 10.9.